The van der Waals surface area contributed by atoms with Crippen LogP contribution in [-0.4, -0.2) is 37.0 Å². The number of aromatic carboxylic acids is 1. The summed E-state index contributed by atoms with van der Waals surface area (Å²) in [6.07, 6.45) is 1.36. The van der Waals surface area contributed by atoms with Crippen molar-refractivity contribution in [3.63, 3.8) is 0 Å². The van der Waals surface area contributed by atoms with E-state index in [-0.39, 0.29) is 23.1 Å². The lowest BCUT2D eigenvalue weighted by atomic mass is 10.1. The molecule has 0 spiro atoms. The van der Waals surface area contributed by atoms with E-state index in [0.717, 1.165) is 6.42 Å². The Morgan fingerprint density at radius 2 is 2.06 bits per heavy atom. The Labute approximate surface area is 106 Å². The predicted molar refractivity (Wildman–Crippen MR) is 68.7 cm³/mol. The maximum absolute atomic E-state index is 11.5. The van der Waals surface area contributed by atoms with Gasteiger partial charge in [0.25, 0.3) is 0 Å². The van der Waals surface area contributed by atoms with Crippen LogP contribution in [0.2, 0.25) is 0 Å². The molecule has 0 aliphatic carbocycles. The van der Waals surface area contributed by atoms with Crippen molar-refractivity contribution in [2.24, 2.45) is 0 Å². The largest absolute Gasteiger partial charge is 0.478 e. The summed E-state index contributed by atoms with van der Waals surface area (Å²) in [5.41, 5.74) is 0.646. The second-order valence-corrected chi connectivity index (χ2v) is 6.68. The standard InChI is InChI=1S/C12H15NO4S/c14-12(15)10-5-1-2-6-11(10)13-9-4-3-7-18(16,17)8-9/h1-2,5-6,9,13H,3-4,7-8H2,(H,14,15). The Kier molecular flexibility index (Phi) is 3.56. The van der Waals surface area contributed by atoms with Gasteiger partial charge in [0.2, 0.25) is 0 Å². The molecule has 0 radical (unpaired) electrons. The minimum absolute atomic E-state index is 0.0704. The van der Waals surface area contributed by atoms with Crippen molar-refractivity contribution in [2.75, 3.05) is 16.8 Å². The molecule has 98 valence electrons. The highest BCUT2D eigenvalue weighted by Gasteiger charge is 2.25. The van der Waals surface area contributed by atoms with Crippen LogP contribution >= 0.6 is 0 Å². The molecule has 1 aliphatic rings. The van der Waals surface area contributed by atoms with E-state index in [2.05, 4.69) is 5.32 Å². The van der Waals surface area contributed by atoms with Gasteiger partial charge in [-0.2, -0.15) is 0 Å². The number of sulfone groups is 1. The molecule has 2 N–H and O–H groups in total. The lowest BCUT2D eigenvalue weighted by Gasteiger charge is -2.24. The average Bonchev–Trinajstić information content (AvgIpc) is 2.28. The summed E-state index contributed by atoms with van der Waals surface area (Å²) in [5.74, 6) is -0.719. The number of rotatable bonds is 3. The van der Waals surface area contributed by atoms with E-state index in [4.69, 9.17) is 5.11 Å². The molecule has 0 aromatic heterocycles. The topological polar surface area (TPSA) is 83.5 Å². The summed E-state index contributed by atoms with van der Waals surface area (Å²) < 4.78 is 23.0. The van der Waals surface area contributed by atoms with Crippen molar-refractivity contribution in [3.05, 3.63) is 29.8 Å². The van der Waals surface area contributed by atoms with E-state index < -0.39 is 15.8 Å². The first kappa shape index (κ1) is 12.9. The van der Waals surface area contributed by atoms with Crippen LogP contribution in [0.15, 0.2) is 24.3 Å². The van der Waals surface area contributed by atoms with Crippen molar-refractivity contribution in [2.45, 2.75) is 18.9 Å². The molecule has 1 aliphatic heterocycles. The molecule has 1 fully saturated rings. The van der Waals surface area contributed by atoms with Gasteiger partial charge in [0.15, 0.2) is 9.84 Å². The summed E-state index contributed by atoms with van der Waals surface area (Å²) in [6.45, 7) is 0. The second-order valence-electron chi connectivity index (χ2n) is 4.45. The molecular weight excluding hydrogens is 254 g/mol. The zero-order chi connectivity index (χ0) is 13.2. The highest BCUT2D eigenvalue weighted by molar-refractivity contribution is 7.91. The predicted octanol–water partition coefficient (Wildman–Crippen LogP) is 1.37. The maximum atomic E-state index is 11.5. The highest BCUT2D eigenvalue weighted by atomic mass is 32.2. The monoisotopic (exact) mass is 269 g/mol. The van der Waals surface area contributed by atoms with E-state index >= 15 is 0 Å². The van der Waals surface area contributed by atoms with Crippen LogP contribution in [0.3, 0.4) is 0 Å². The number of benzene rings is 1. The Hall–Kier alpha value is -1.56. The first-order valence-corrected chi connectivity index (χ1v) is 7.59. The lowest BCUT2D eigenvalue weighted by molar-refractivity contribution is 0.0698. The molecule has 1 aromatic rings. The summed E-state index contributed by atoms with van der Waals surface area (Å²) in [7, 11) is -3.00. The quantitative estimate of drug-likeness (QED) is 0.866. The van der Waals surface area contributed by atoms with Gasteiger partial charge in [0, 0.05) is 11.7 Å². The number of carboxylic acids is 1. The van der Waals surface area contributed by atoms with Crippen molar-refractivity contribution in [3.8, 4) is 0 Å². The van der Waals surface area contributed by atoms with Gasteiger partial charge < -0.3 is 10.4 Å². The van der Waals surface area contributed by atoms with Crippen LogP contribution in [-0.2, 0) is 9.84 Å². The van der Waals surface area contributed by atoms with Crippen LogP contribution in [0, 0.1) is 0 Å². The Morgan fingerprint density at radius 3 is 2.72 bits per heavy atom. The lowest BCUT2D eigenvalue weighted by Crippen LogP contribution is -2.35. The zero-order valence-electron chi connectivity index (χ0n) is 9.80. The van der Waals surface area contributed by atoms with Gasteiger partial charge in [0.1, 0.15) is 0 Å². The van der Waals surface area contributed by atoms with Crippen LogP contribution < -0.4 is 5.32 Å². The molecule has 6 heteroatoms. The summed E-state index contributed by atoms with van der Waals surface area (Å²) >= 11 is 0. The van der Waals surface area contributed by atoms with Gasteiger partial charge >= 0.3 is 5.97 Å². The molecule has 0 saturated carbocycles. The number of hydrogen-bond donors (Lipinski definition) is 2. The van der Waals surface area contributed by atoms with Crippen molar-refractivity contribution >= 4 is 21.5 Å². The third kappa shape index (κ3) is 3.01. The molecule has 0 amide bonds. The Balaban J connectivity index is 2.17. The van der Waals surface area contributed by atoms with Crippen molar-refractivity contribution in [1.29, 1.82) is 0 Å². The summed E-state index contributed by atoms with van der Waals surface area (Å²) in [6, 6.07) is 6.33. The number of nitrogens with one attached hydrogen (secondary N) is 1. The normalized spacial score (nSPS) is 22.3. The van der Waals surface area contributed by atoms with E-state index in [9.17, 15) is 13.2 Å². The van der Waals surface area contributed by atoms with E-state index in [1.54, 1.807) is 18.2 Å². The minimum Gasteiger partial charge on any atom is -0.478 e. The summed E-state index contributed by atoms with van der Waals surface area (Å²) in [5, 5.41) is 12.1. The molecule has 1 aromatic carbocycles. The molecule has 1 atom stereocenters. The van der Waals surface area contributed by atoms with Crippen molar-refractivity contribution < 1.29 is 18.3 Å². The van der Waals surface area contributed by atoms with Crippen LogP contribution in [0.1, 0.15) is 23.2 Å². The van der Waals surface area contributed by atoms with Crippen LogP contribution in [0.5, 0.6) is 0 Å². The molecule has 1 saturated heterocycles. The number of hydrogen-bond acceptors (Lipinski definition) is 4. The fraction of sp³-hybridized carbons (Fsp3) is 0.417. The van der Waals surface area contributed by atoms with Gasteiger partial charge in [-0.3, -0.25) is 0 Å². The van der Waals surface area contributed by atoms with E-state index in [1.165, 1.54) is 6.07 Å². The molecule has 5 nitrogen and oxygen atoms in total. The fourth-order valence-corrected chi connectivity index (χ4v) is 3.79. The van der Waals surface area contributed by atoms with E-state index in [1.807, 2.05) is 0 Å². The van der Waals surface area contributed by atoms with Crippen molar-refractivity contribution in [1.82, 2.24) is 0 Å². The van der Waals surface area contributed by atoms with Crippen LogP contribution in [0.4, 0.5) is 5.69 Å². The SMILES string of the molecule is O=C(O)c1ccccc1NC1CCCS(=O)(=O)C1. The van der Waals surface area contributed by atoms with Gasteiger partial charge in [-0.15, -0.1) is 0 Å². The molecular formula is C12H15NO4S. The Morgan fingerprint density at radius 1 is 1.33 bits per heavy atom. The first-order chi connectivity index (χ1) is 8.48. The fourth-order valence-electron chi connectivity index (χ4n) is 2.15. The Bertz CT molecular complexity index is 553. The smallest absolute Gasteiger partial charge is 0.337 e. The minimum atomic E-state index is -3.00. The van der Waals surface area contributed by atoms with Gasteiger partial charge in [0.05, 0.1) is 17.1 Å². The second kappa shape index (κ2) is 4.97. The number of anilines is 1. The van der Waals surface area contributed by atoms with Gasteiger partial charge in [-0.05, 0) is 25.0 Å². The van der Waals surface area contributed by atoms with Gasteiger partial charge in [-0.25, -0.2) is 13.2 Å². The number of carbonyl (C=O) groups is 1. The van der Waals surface area contributed by atoms with Crippen LogP contribution in [0.25, 0.3) is 0 Å². The van der Waals surface area contributed by atoms with E-state index in [0.29, 0.717) is 12.1 Å². The molecule has 0 bridgehead atoms. The highest BCUT2D eigenvalue weighted by Crippen LogP contribution is 2.20. The first-order valence-electron chi connectivity index (χ1n) is 5.77. The zero-order valence-corrected chi connectivity index (χ0v) is 10.6. The molecule has 1 heterocycles. The third-order valence-electron chi connectivity index (χ3n) is 2.98. The molecule has 18 heavy (non-hydrogen) atoms. The molecule has 1 unspecified atom stereocenters. The van der Waals surface area contributed by atoms with Gasteiger partial charge in [-0.1, -0.05) is 12.1 Å². The number of para-hydroxylation sites is 1. The average molecular weight is 269 g/mol. The third-order valence-corrected chi connectivity index (χ3v) is 4.80. The summed E-state index contributed by atoms with van der Waals surface area (Å²) in [4.78, 5) is 11.0. The number of carboxylic acid groups (broad SMARTS) is 1. The maximum Gasteiger partial charge on any atom is 0.337 e. The molecule has 2 rings (SSSR count).